The van der Waals surface area contributed by atoms with Gasteiger partial charge >= 0.3 is 17.9 Å². The predicted molar refractivity (Wildman–Crippen MR) is 373 cm³/mol. The van der Waals surface area contributed by atoms with Crippen LogP contribution in [0.15, 0.2) is 109 Å². The first-order valence-electron chi connectivity index (χ1n) is 36.1. The van der Waals surface area contributed by atoms with E-state index < -0.39 is 24.3 Å². The molecule has 0 saturated carbocycles. The molecule has 0 fully saturated rings. The molecule has 0 rings (SSSR count). The Kier molecular flexibility index (Phi) is 64.7. The summed E-state index contributed by atoms with van der Waals surface area (Å²) in [6, 6.07) is 0. The van der Waals surface area contributed by atoms with Crippen LogP contribution in [0.5, 0.6) is 0 Å². The van der Waals surface area contributed by atoms with Crippen molar-refractivity contribution in [1.29, 1.82) is 0 Å². The van der Waals surface area contributed by atoms with Crippen LogP contribution in [0.25, 0.3) is 0 Å². The van der Waals surface area contributed by atoms with Gasteiger partial charge in [0.2, 0.25) is 0 Å². The van der Waals surface area contributed by atoms with E-state index in [1.54, 1.807) is 0 Å². The summed E-state index contributed by atoms with van der Waals surface area (Å²) in [5.41, 5.74) is 0. The minimum absolute atomic E-state index is 0.183. The van der Waals surface area contributed by atoms with Gasteiger partial charge in [-0.1, -0.05) is 309 Å². The number of nitrogens with zero attached hydrogens (tertiary/aromatic N) is 1. The Hall–Kier alpha value is -4.05. The Balaban J connectivity index is 4.07. The summed E-state index contributed by atoms with van der Waals surface area (Å²) in [4.78, 5) is 37.7. The molecule has 0 aromatic carbocycles. The maximum Gasteiger partial charge on any atom is 0.361 e. The second-order valence-electron chi connectivity index (χ2n) is 25.1. The van der Waals surface area contributed by atoms with Gasteiger partial charge in [0.25, 0.3) is 6.29 Å². The normalized spacial score (nSPS) is 13.3. The van der Waals surface area contributed by atoms with Gasteiger partial charge < -0.3 is 28.5 Å². The van der Waals surface area contributed by atoms with Crippen molar-refractivity contribution in [3.05, 3.63) is 109 Å². The van der Waals surface area contributed by atoms with Crippen molar-refractivity contribution in [2.24, 2.45) is 0 Å². The summed E-state index contributed by atoms with van der Waals surface area (Å²) >= 11 is 0. The van der Waals surface area contributed by atoms with Gasteiger partial charge in [-0.3, -0.25) is 9.59 Å². The van der Waals surface area contributed by atoms with Gasteiger partial charge in [-0.2, -0.15) is 0 Å². The first kappa shape index (κ1) is 83.0. The van der Waals surface area contributed by atoms with E-state index >= 15 is 0 Å². The molecule has 0 aliphatic rings. The van der Waals surface area contributed by atoms with Gasteiger partial charge in [0, 0.05) is 12.8 Å². The SMILES string of the molecule is CC/C=C\C/C=C\C/C=C\C/C=C\C/C=C\CCCCCCCCCCCCCCCCCCCCCC(=O)OC(COC(=O)CCCCCCCCCCCCCCCC/C=C\C/C=C\C/C=C\C/C=C\CC)COC(OCC[N+](C)(C)C)C(=O)O. The number of hydrogen-bond acceptors (Lipinski definition) is 7. The number of carboxylic acid groups (broad SMARTS) is 1. The molecule has 2 unspecified atom stereocenters. The number of hydrogen-bond donors (Lipinski definition) is 1. The Morgan fingerprint density at radius 2 is 0.621 bits per heavy atom. The van der Waals surface area contributed by atoms with E-state index in [4.69, 9.17) is 18.9 Å². The quantitative estimate of drug-likeness (QED) is 0.0211. The van der Waals surface area contributed by atoms with Gasteiger partial charge in [0.1, 0.15) is 13.2 Å². The summed E-state index contributed by atoms with van der Waals surface area (Å²) in [6.07, 6.45) is 92.1. The largest absolute Gasteiger partial charge is 0.477 e. The van der Waals surface area contributed by atoms with Gasteiger partial charge in [0.15, 0.2) is 6.10 Å². The second kappa shape index (κ2) is 67.9. The highest BCUT2D eigenvalue weighted by molar-refractivity contribution is 5.71. The van der Waals surface area contributed by atoms with E-state index in [1.807, 2.05) is 21.1 Å². The summed E-state index contributed by atoms with van der Waals surface area (Å²) in [6.45, 7) is 4.68. The monoisotopic (exact) mass is 1220 g/mol. The Bertz CT molecular complexity index is 1800. The molecule has 0 bridgehead atoms. The number of likely N-dealkylation sites (N-methyl/N-ethyl adjacent to an activating group) is 1. The van der Waals surface area contributed by atoms with E-state index in [2.05, 4.69) is 123 Å². The lowest BCUT2D eigenvalue weighted by atomic mass is 10.0. The number of allylic oxidation sites excluding steroid dienone is 18. The molecule has 0 amide bonds. The van der Waals surface area contributed by atoms with Crippen LogP contribution in [0, 0.1) is 0 Å². The van der Waals surface area contributed by atoms with Crippen LogP contribution in [0.4, 0.5) is 0 Å². The zero-order valence-electron chi connectivity index (χ0n) is 57.2. The van der Waals surface area contributed by atoms with E-state index in [-0.39, 0.29) is 32.2 Å². The average Bonchev–Trinajstić information content (AvgIpc) is 3.56. The highest BCUT2D eigenvalue weighted by Crippen LogP contribution is 2.18. The summed E-state index contributed by atoms with van der Waals surface area (Å²) in [5, 5.41) is 9.76. The number of ether oxygens (including phenoxy) is 4. The van der Waals surface area contributed by atoms with Crippen LogP contribution in [-0.4, -0.2) is 87.4 Å². The van der Waals surface area contributed by atoms with Crippen LogP contribution >= 0.6 is 0 Å². The van der Waals surface area contributed by atoms with Gasteiger partial charge in [-0.25, -0.2) is 4.79 Å². The van der Waals surface area contributed by atoms with Crippen LogP contribution in [0.3, 0.4) is 0 Å². The lowest BCUT2D eigenvalue weighted by Crippen LogP contribution is -2.40. The van der Waals surface area contributed by atoms with Gasteiger partial charge in [-0.05, 0) is 96.3 Å². The number of esters is 2. The molecule has 9 nitrogen and oxygen atoms in total. The standard InChI is InChI=1S/C78H135NO8/c1-6-8-10-12-14-16-18-20-22-24-26-28-30-32-34-35-36-37-38-39-40-41-43-45-47-49-51-53-55-57-59-61-63-65-67-69-76(81)87-74(73-86-78(77(82)83)84-71-70-79(3,4)5)72-85-75(80)68-66-64-62-60-58-56-54-52-50-48-46-44-42-33-31-29-27-25-23-21-19-17-15-13-11-9-7-2/h8-11,14-17,20-23,26-29,32,34,74,78H,6-7,12-13,18-19,24-25,30-31,33,35-73H2,1-5H3/p+1/b10-8-,11-9-,16-14-,17-15-,22-20-,23-21-,28-26-,29-27-,34-32-. The number of carbonyl (C=O) groups is 3. The van der Waals surface area contributed by atoms with Crippen molar-refractivity contribution in [2.75, 3.05) is 47.5 Å². The highest BCUT2D eigenvalue weighted by Gasteiger charge is 2.25. The number of rotatable bonds is 66. The molecule has 9 heteroatoms. The maximum atomic E-state index is 13.0. The molecule has 0 aromatic heterocycles. The maximum absolute atomic E-state index is 13.0. The van der Waals surface area contributed by atoms with Crippen LogP contribution in [-0.2, 0) is 33.3 Å². The molecule has 0 radical (unpaired) electrons. The van der Waals surface area contributed by atoms with Crippen molar-refractivity contribution < 1.29 is 42.9 Å². The average molecular weight is 1220 g/mol. The Morgan fingerprint density at radius 1 is 0.345 bits per heavy atom. The number of carbonyl (C=O) groups excluding carboxylic acids is 2. The first-order valence-corrected chi connectivity index (χ1v) is 36.1. The van der Waals surface area contributed by atoms with Gasteiger partial charge in [0.05, 0.1) is 34.4 Å². The molecule has 87 heavy (non-hydrogen) atoms. The number of aliphatic carboxylic acids is 1. The smallest absolute Gasteiger partial charge is 0.361 e. The molecule has 0 heterocycles. The molecule has 0 saturated heterocycles. The fourth-order valence-electron chi connectivity index (χ4n) is 10.1. The highest BCUT2D eigenvalue weighted by atomic mass is 16.7. The summed E-state index contributed by atoms with van der Waals surface area (Å²) < 4.78 is 23.0. The van der Waals surface area contributed by atoms with Crippen LogP contribution in [0.1, 0.15) is 309 Å². The fourth-order valence-corrected chi connectivity index (χ4v) is 10.1. The van der Waals surface area contributed by atoms with Crippen molar-refractivity contribution in [3.63, 3.8) is 0 Å². The third-order valence-corrected chi connectivity index (χ3v) is 15.5. The topological polar surface area (TPSA) is 108 Å². The van der Waals surface area contributed by atoms with Crippen molar-refractivity contribution in [2.45, 2.75) is 322 Å². The summed E-state index contributed by atoms with van der Waals surface area (Å²) in [7, 11) is 5.98. The Morgan fingerprint density at radius 3 is 0.920 bits per heavy atom. The molecular formula is C78H136NO8+. The molecule has 1 N–H and O–H groups in total. The van der Waals surface area contributed by atoms with E-state index in [0.29, 0.717) is 17.4 Å². The zero-order valence-corrected chi connectivity index (χ0v) is 57.2. The summed E-state index contributed by atoms with van der Waals surface area (Å²) in [5.74, 6) is -1.99. The van der Waals surface area contributed by atoms with Crippen LogP contribution < -0.4 is 0 Å². The number of carboxylic acids is 1. The zero-order chi connectivity index (χ0) is 63.3. The third kappa shape index (κ3) is 69.3. The molecular weight excluding hydrogens is 1080 g/mol. The third-order valence-electron chi connectivity index (χ3n) is 15.5. The van der Waals surface area contributed by atoms with E-state index in [0.717, 1.165) is 96.3 Å². The predicted octanol–water partition coefficient (Wildman–Crippen LogP) is 22.6. The van der Waals surface area contributed by atoms with Gasteiger partial charge in [-0.15, -0.1) is 0 Å². The minimum Gasteiger partial charge on any atom is -0.477 e. The molecule has 500 valence electrons. The fraction of sp³-hybridized carbons (Fsp3) is 0.731. The molecule has 0 spiro atoms. The number of quaternary nitrogens is 1. The lowest BCUT2D eigenvalue weighted by Gasteiger charge is -2.25. The van der Waals surface area contributed by atoms with Crippen molar-refractivity contribution in [1.82, 2.24) is 0 Å². The molecule has 0 aliphatic carbocycles. The minimum atomic E-state index is -1.51. The second-order valence-corrected chi connectivity index (χ2v) is 25.1. The Labute approximate surface area is 536 Å². The van der Waals surface area contributed by atoms with Crippen LogP contribution in [0.2, 0.25) is 0 Å². The van der Waals surface area contributed by atoms with Crippen molar-refractivity contribution >= 4 is 17.9 Å². The molecule has 0 aromatic rings. The first-order chi connectivity index (χ1) is 42.6. The molecule has 2 atom stereocenters. The molecule has 0 aliphatic heterocycles. The van der Waals surface area contributed by atoms with E-state index in [1.165, 1.54) is 186 Å². The van der Waals surface area contributed by atoms with E-state index in [9.17, 15) is 19.5 Å². The van der Waals surface area contributed by atoms with Crippen molar-refractivity contribution in [3.8, 4) is 0 Å². The lowest BCUT2D eigenvalue weighted by molar-refractivity contribution is -0.870. The number of unbranched alkanes of at least 4 members (excludes halogenated alkanes) is 33.